The van der Waals surface area contributed by atoms with Gasteiger partial charge in [0.15, 0.2) is 5.96 Å². The molecule has 0 aromatic heterocycles. The van der Waals surface area contributed by atoms with E-state index in [0.29, 0.717) is 19.6 Å². The van der Waals surface area contributed by atoms with E-state index in [1.807, 2.05) is 50.1 Å². The van der Waals surface area contributed by atoms with Gasteiger partial charge in [0, 0.05) is 45.3 Å². The van der Waals surface area contributed by atoms with Crippen LogP contribution in [0.2, 0.25) is 0 Å². The van der Waals surface area contributed by atoms with Gasteiger partial charge in [-0.25, -0.2) is 0 Å². The SMILES string of the molecule is CN=C(NCc1ccc(C(=O)N2CC(C)OC(C)C2)cc1)N1CCc2ccccc2C1. The number of benzene rings is 2. The first-order valence-corrected chi connectivity index (χ1v) is 11.1. The van der Waals surface area contributed by atoms with Crippen molar-refractivity contribution in [2.24, 2.45) is 4.99 Å². The fourth-order valence-electron chi connectivity index (χ4n) is 4.48. The first kappa shape index (κ1) is 21.4. The van der Waals surface area contributed by atoms with Gasteiger partial charge < -0.3 is 19.9 Å². The lowest BCUT2D eigenvalue weighted by Gasteiger charge is -2.35. The first-order chi connectivity index (χ1) is 15.0. The first-order valence-electron chi connectivity index (χ1n) is 11.1. The van der Waals surface area contributed by atoms with Crippen LogP contribution in [0.25, 0.3) is 0 Å². The Morgan fingerprint density at radius 1 is 1.03 bits per heavy atom. The van der Waals surface area contributed by atoms with Gasteiger partial charge in [-0.05, 0) is 49.1 Å². The molecule has 0 saturated carbocycles. The molecular weight excluding hydrogens is 388 g/mol. The van der Waals surface area contributed by atoms with E-state index < -0.39 is 0 Å². The van der Waals surface area contributed by atoms with Crippen molar-refractivity contribution in [3.8, 4) is 0 Å². The van der Waals surface area contributed by atoms with Crippen molar-refractivity contribution in [1.29, 1.82) is 0 Å². The standard InChI is InChI=1S/C25H32N4O2/c1-18-15-29(16-19(2)31-18)24(30)22-10-8-20(9-11-22)14-27-25(26-3)28-13-12-21-6-4-5-7-23(21)17-28/h4-11,18-19H,12-17H2,1-3H3,(H,26,27). The summed E-state index contributed by atoms with van der Waals surface area (Å²) in [5.74, 6) is 0.982. The molecule has 2 aromatic rings. The molecule has 2 aliphatic rings. The summed E-state index contributed by atoms with van der Waals surface area (Å²) >= 11 is 0. The molecule has 6 heteroatoms. The van der Waals surface area contributed by atoms with E-state index in [4.69, 9.17) is 4.74 Å². The molecule has 1 saturated heterocycles. The molecule has 1 N–H and O–H groups in total. The number of hydrogen-bond donors (Lipinski definition) is 1. The number of ether oxygens (including phenoxy) is 1. The Hall–Kier alpha value is -2.86. The maximum absolute atomic E-state index is 12.9. The Morgan fingerprint density at radius 3 is 2.39 bits per heavy atom. The van der Waals surface area contributed by atoms with Crippen LogP contribution in [0.5, 0.6) is 0 Å². The average molecular weight is 421 g/mol. The van der Waals surface area contributed by atoms with Gasteiger partial charge in [-0.15, -0.1) is 0 Å². The van der Waals surface area contributed by atoms with Crippen LogP contribution >= 0.6 is 0 Å². The Morgan fingerprint density at radius 2 is 1.71 bits per heavy atom. The molecule has 1 fully saturated rings. The molecule has 2 aromatic carbocycles. The minimum absolute atomic E-state index is 0.0734. The maximum atomic E-state index is 12.9. The number of morpholine rings is 1. The zero-order valence-corrected chi connectivity index (χ0v) is 18.7. The third-order valence-electron chi connectivity index (χ3n) is 6.00. The van der Waals surface area contributed by atoms with Crippen molar-refractivity contribution < 1.29 is 9.53 Å². The third-order valence-corrected chi connectivity index (χ3v) is 6.00. The van der Waals surface area contributed by atoms with Crippen molar-refractivity contribution in [2.45, 2.75) is 45.6 Å². The van der Waals surface area contributed by atoms with Crippen LogP contribution < -0.4 is 5.32 Å². The highest BCUT2D eigenvalue weighted by Crippen LogP contribution is 2.19. The second kappa shape index (κ2) is 9.52. The van der Waals surface area contributed by atoms with Crippen molar-refractivity contribution in [3.63, 3.8) is 0 Å². The van der Waals surface area contributed by atoms with Gasteiger partial charge in [0.2, 0.25) is 0 Å². The van der Waals surface area contributed by atoms with Crippen molar-refractivity contribution in [3.05, 3.63) is 70.8 Å². The molecule has 0 spiro atoms. The molecule has 0 bridgehead atoms. The summed E-state index contributed by atoms with van der Waals surface area (Å²) in [6.45, 7) is 7.81. The molecule has 31 heavy (non-hydrogen) atoms. The molecule has 4 rings (SSSR count). The second-order valence-electron chi connectivity index (χ2n) is 8.51. The van der Waals surface area contributed by atoms with Crippen LogP contribution in [0.3, 0.4) is 0 Å². The number of carbonyl (C=O) groups excluding carboxylic acids is 1. The van der Waals surface area contributed by atoms with Crippen LogP contribution in [0.15, 0.2) is 53.5 Å². The maximum Gasteiger partial charge on any atom is 0.254 e. The van der Waals surface area contributed by atoms with E-state index in [0.717, 1.165) is 36.6 Å². The monoisotopic (exact) mass is 420 g/mol. The van der Waals surface area contributed by atoms with E-state index in [1.165, 1.54) is 11.1 Å². The summed E-state index contributed by atoms with van der Waals surface area (Å²) in [7, 11) is 1.83. The van der Waals surface area contributed by atoms with E-state index in [1.54, 1.807) is 0 Å². The van der Waals surface area contributed by atoms with Crippen molar-refractivity contribution >= 4 is 11.9 Å². The molecule has 0 aliphatic carbocycles. The van der Waals surface area contributed by atoms with Gasteiger partial charge >= 0.3 is 0 Å². The minimum atomic E-state index is 0.0734. The Balaban J connectivity index is 1.34. The van der Waals surface area contributed by atoms with Gasteiger partial charge in [0.25, 0.3) is 5.91 Å². The number of fused-ring (bicyclic) bond motifs is 1. The smallest absolute Gasteiger partial charge is 0.254 e. The lowest BCUT2D eigenvalue weighted by atomic mass is 10.0. The lowest BCUT2D eigenvalue weighted by molar-refractivity contribution is -0.0586. The van der Waals surface area contributed by atoms with Crippen LogP contribution in [0.4, 0.5) is 0 Å². The fourth-order valence-corrected chi connectivity index (χ4v) is 4.48. The highest BCUT2D eigenvalue weighted by atomic mass is 16.5. The number of nitrogens with one attached hydrogen (secondary N) is 1. The summed E-state index contributed by atoms with van der Waals surface area (Å²) in [5, 5.41) is 3.47. The summed E-state index contributed by atoms with van der Waals surface area (Å²) in [5.41, 5.74) is 4.64. The molecule has 0 radical (unpaired) electrons. The topological polar surface area (TPSA) is 57.2 Å². The Labute approximate surface area is 184 Å². The summed E-state index contributed by atoms with van der Waals surface area (Å²) in [6.07, 6.45) is 1.18. The molecule has 2 heterocycles. The highest BCUT2D eigenvalue weighted by molar-refractivity contribution is 5.94. The van der Waals surface area contributed by atoms with Crippen LogP contribution in [0, 0.1) is 0 Å². The summed E-state index contributed by atoms with van der Waals surface area (Å²) < 4.78 is 5.74. The van der Waals surface area contributed by atoms with Gasteiger partial charge in [-0.1, -0.05) is 36.4 Å². The number of aliphatic imine (C=N–C) groups is 1. The lowest BCUT2D eigenvalue weighted by Crippen LogP contribution is -2.48. The summed E-state index contributed by atoms with van der Waals surface area (Å²) in [6, 6.07) is 16.5. The second-order valence-corrected chi connectivity index (χ2v) is 8.51. The molecule has 2 atom stereocenters. The highest BCUT2D eigenvalue weighted by Gasteiger charge is 2.26. The Kier molecular flexibility index (Phi) is 6.56. The molecular formula is C25H32N4O2. The van der Waals surface area contributed by atoms with Crippen LogP contribution in [0.1, 0.15) is 40.9 Å². The van der Waals surface area contributed by atoms with Crippen molar-refractivity contribution in [2.75, 3.05) is 26.7 Å². The average Bonchev–Trinajstić information content (AvgIpc) is 2.78. The fraction of sp³-hybridized carbons (Fsp3) is 0.440. The number of amides is 1. The van der Waals surface area contributed by atoms with Crippen LogP contribution in [-0.4, -0.2) is 60.6 Å². The molecule has 2 unspecified atom stereocenters. The molecule has 2 aliphatic heterocycles. The van der Waals surface area contributed by atoms with E-state index in [9.17, 15) is 4.79 Å². The third kappa shape index (κ3) is 5.07. The number of carbonyl (C=O) groups is 1. The largest absolute Gasteiger partial charge is 0.372 e. The molecule has 164 valence electrons. The van der Waals surface area contributed by atoms with Crippen molar-refractivity contribution in [1.82, 2.24) is 15.1 Å². The number of hydrogen-bond acceptors (Lipinski definition) is 3. The zero-order chi connectivity index (χ0) is 21.8. The number of rotatable bonds is 3. The van der Waals surface area contributed by atoms with E-state index >= 15 is 0 Å². The normalized spacial score (nSPS) is 21.6. The Bertz CT molecular complexity index is 931. The predicted molar refractivity (Wildman–Crippen MR) is 123 cm³/mol. The number of guanidine groups is 1. The quantitative estimate of drug-likeness (QED) is 0.613. The van der Waals surface area contributed by atoms with Gasteiger partial charge in [0.1, 0.15) is 0 Å². The van der Waals surface area contributed by atoms with Crippen LogP contribution in [-0.2, 0) is 24.2 Å². The van der Waals surface area contributed by atoms with E-state index in [2.05, 4.69) is 39.5 Å². The zero-order valence-electron chi connectivity index (χ0n) is 18.7. The minimum Gasteiger partial charge on any atom is -0.372 e. The van der Waals surface area contributed by atoms with Gasteiger partial charge in [-0.2, -0.15) is 0 Å². The molecule has 6 nitrogen and oxygen atoms in total. The number of nitrogens with zero attached hydrogens (tertiary/aromatic N) is 3. The van der Waals surface area contributed by atoms with Gasteiger partial charge in [0.05, 0.1) is 12.2 Å². The van der Waals surface area contributed by atoms with E-state index in [-0.39, 0.29) is 18.1 Å². The predicted octanol–water partition coefficient (Wildman–Crippen LogP) is 3.07. The van der Waals surface area contributed by atoms with Gasteiger partial charge in [-0.3, -0.25) is 9.79 Å². The molecule has 1 amide bonds. The summed E-state index contributed by atoms with van der Waals surface area (Å²) in [4.78, 5) is 21.5.